The van der Waals surface area contributed by atoms with E-state index >= 15 is 0 Å². The molecule has 0 spiro atoms. The molecule has 0 bridgehead atoms. The standard InChI is InChI=1S/C24H38N4O4/c1-19(8-7-15-29)28-18-21-20(24(28)31)9-6-10-22(21)27-23(30)11-4-2-3-5-13-26-14-17-32-16-12-25/h6,9-10,15,19,26H,2-5,7-8,11-14,16-18,25H2,1H3,(H,27,30). The molecule has 0 radical (unpaired) electrons. The molecule has 1 heterocycles. The molecular weight excluding hydrogens is 408 g/mol. The summed E-state index contributed by atoms with van der Waals surface area (Å²) in [4.78, 5) is 37.6. The summed E-state index contributed by atoms with van der Waals surface area (Å²) in [5, 5.41) is 6.32. The van der Waals surface area contributed by atoms with Crippen LogP contribution in [0, 0.1) is 0 Å². The lowest BCUT2D eigenvalue weighted by Gasteiger charge is -2.23. The molecule has 0 saturated carbocycles. The van der Waals surface area contributed by atoms with Crippen molar-refractivity contribution in [2.24, 2.45) is 5.73 Å². The van der Waals surface area contributed by atoms with Crippen molar-refractivity contribution in [3.05, 3.63) is 29.3 Å². The summed E-state index contributed by atoms with van der Waals surface area (Å²) in [6, 6.07) is 5.45. The lowest BCUT2D eigenvalue weighted by Crippen LogP contribution is -2.33. The first-order chi connectivity index (χ1) is 15.6. The second-order valence-corrected chi connectivity index (χ2v) is 8.22. The first kappa shape index (κ1) is 26.0. The molecule has 0 aliphatic carbocycles. The van der Waals surface area contributed by atoms with Crippen LogP contribution in [0.1, 0.15) is 67.8 Å². The van der Waals surface area contributed by atoms with Gasteiger partial charge in [-0.3, -0.25) is 9.59 Å². The molecule has 8 nitrogen and oxygen atoms in total. The molecule has 1 aliphatic heterocycles. The van der Waals surface area contributed by atoms with Gasteiger partial charge < -0.3 is 30.8 Å². The highest BCUT2D eigenvalue weighted by molar-refractivity contribution is 6.02. The number of fused-ring (bicyclic) bond motifs is 1. The highest BCUT2D eigenvalue weighted by Crippen LogP contribution is 2.31. The van der Waals surface area contributed by atoms with Crippen LogP contribution in [0.2, 0.25) is 0 Å². The largest absolute Gasteiger partial charge is 0.379 e. The van der Waals surface area contributed by atoms with Gasteiger partial charge in [0, 0.05) is 55.3 Å². The quantitative estimate of drug-likeness (QED) is 0.250. The highest BCUT2D eigenvalue weighted by Gasteiger charge is 2.32. The molecule has 8 heteroatoms. The first-order valence-corrected chi connectivity index (χ1v) is 11.7. The van der Waals surface area contributed by atoms with E-state index in [4.69, 9.17) is 10.5 Å². The molecule has 1 aliphatic rings. The Bertz CT molecular complexity index is 741. The van der Waals surface area contributed by atoms with E-state index in [9.17, 15) is 14.4 Å². The molecule has 0 saturated heterocycles. The van der Waals surface area contributed by atoms with Crippen molar-refractivity contribution in [1.82, 2.24) is 10.2 Å². The number of hydrogen-bond donors (Lipinski definition) is 3. The Morgan fingerprint density at radius 2 is 2.03 bits per heavy atom. The Morgan fingerprint density at radius 1 is 1.22 bits per heavy atom. The van der Waals surface area contributed by atoms with Gasteiger partial charge in [-0.1, -0.05) is 18.9 Å². The van der Waals surface area contributed by atoms with Crippen LogP contribution in [0.3, 0.4) is 0 Å². The SMILES string of the molecule is CC(CCC=O)N1Cc2c(NC(=O)CCCCCCNCCOCCN)cccc2C1=O. The number of amides is 2. The third kappa shape index (κ3) is 8.33. The van der Waals surface area contributed by atoms with E-state index in [0.29, 0.717) is 56.8 Å². The van der Waals surface area contributed by atoms with E-state index in [1.165, 1.54) is 0 Å². The summed E-state index contributed by atoms with van der Waals surface area (Å²) in [7, 11) is 0. The zero-order valence-electron chi connectivity index (χ0n) is 19.2. The number of rotatable bonds is 17. The minimum atomic E-state index is -0.0333. The molecule has 0 aromatic heterocycles. The third-order valence-corrected chi connectivity index (χ3v) is 5.70. The van der Waals surface area contributed by atoms with Crippen molar-refractivity contribution >= 4 is 23.8 Å². The average molecular weight is 447 g/mol. The first-order valence-electron chi connectivity index (χ1n) is 11.7. The van der Waals surface area contributed by atoms with Gasteiger partial charge in [-0.2, -0.15) is 0 Å². The van der Waals surface area contributed by atoms with E-state index in [1.54, 1.807) is 17.0 Å². The van der Waals surface area contributed by atoms with Crippen molar-refractivity contribution in [3.63, 3.8) is 0 Å². The molecule has 0 fully saturated rings. The normalized spacial score (nSPS) is 13.8. The van der Waals surface area contributed by atoms with E-state index in [2.05, 4.69) is 10.6 Å². The van der Waals surface area contributed by atoms with Crippen LogP contribution < -0.4 is 16.4 Å². The van der Waals surface area contributed by atoms with Gasteiger partial charge in [0.25, 0.3) is 5.91 Å². The minimum Gasteiger partial charge on any atom is -0.379 e. The fourth-order valence-corrected chi connectivity index (χ4v) is 3.85. The number of ether oxygens (including phenoxy) is 1. The third-order valence-electron chi connectivity index (χ3n) is 5.70. The Kier molecular flexibility index (Phi) is 11.9. The summed E-state index contributed by atoms with van der Waals surface area (Å²) in [5.74, 6) is -0.0532. The Labute approximate surface area is 191 Å². The number of hydrogen-bond acceptors (Lipinski definition) is 6. The minimum absolute atomic E-state index is 0.0170. The van der Waals surface area contributed by atoms with Crippen LogP contribution in [-0.2, 0) is 20.9 Å². The lowest BCUT2D eigenvalue weighted by atomic mass is 10.1. The second-order valence-electron chi connectivity index (χ2n) is 8.22. The predicted molar refractivity (Wildman–Crippen MR) is 126 cm³/mol. The summed E-state index contributed by atoms with van der Waals surface area (Å²) in [6.07, 6.45) is 6.43. The number of carbonyl (C=O) groups is 3. The molecule has 32 heavy (non-hydrogen) atoms. The number of nitrogens with two attached hydrogens (primary N) is 1. The van der Waals surface area contributed by atoms with E-state index in [1.807, 2.05) is 13.0 Å². The summed E-state index contributed by atoms with van der Waals surface area (Å²) < 4.78 is 5.30. The molecule has 1 aromatic carbocycles. The van der Waals surface area contributed by atoms with Crippen LogP contribution in [0.25, 0.3) is 0 Å². The zero-order valence-corrected chi connectivity index (χ0v) is 19.2. The van der Waals surface area contributed by atoms with Crippen molar-refractivity contribution in [2.75, 3.05) is 38.2 Å². The average Bonchev–Trinajstić information content (AvgIpc) is 3.13. The van der Waals surface area contributed by atoms with Gasteiger partial charge in [0.05, 0.1) is 13.2 Å². The van der Waals surface area contributed by atoms with Gasteiger partial charge >= 0.3 is 0 Å². The molecule has 2 rings (SSSR count). The Balaban J connectivity index is 1.68. The number of anilines is 1. The lowest BCUT2D eigenvalue weighted by molar-refractivity contribution is -0.116. The van der Waals surface area contributed by atoms with Gasteiger partial charge in [0.15, 0.2) is 0 Å². The Morgan fingerprint density at radius 3 is 2.81 bits per heavy atom. The topological polar surface area (TPSA) is 114 Å². The number of nitrogens with zero attached hydrogens (tertiary/aromatic N) is 1. The Hall–Kier alpha value is -2.29. The van der Waals surface area contributed by atoms with E-state index < -0.39 is 0 Å². The zero-order chi connectivity index (χ0) is 23.2. The van der Waals surface area contributed by atoms with Gasteiger partial charge in [-0.25, -0.2) is 0 Å². The molecular formula is C24H38N4O4. The van der Waals surface area contributed by atoms with Gasteiger partial charge in [-0.05, 0) is 44.9 Å². The van der Waals surface area contributed by atoms with Crippen LogP contribution in [0.5, 0.6) is 0 Å². The smallest absolute Gasteiger partial charge is 0.254 e. The van der Waals surface area contributed by atoms with Gasteiger partial charge in [0.1, 0.15) is 6.29 Å². The number of unbranched alkanes of at least 4 members (excludes halogenated alkanes) is 3. The van der Waals surface area contributed by atoms with Crippen molar-refractivity contribution < 1.29 is 19.1 Å². The molecule has 1 unspecified atom stereocenters. The van der Waals surface area contributed by atoms with Crippen LogP contribution in [-0.4, -0.2) is 61.9 Å². The maximum absolute atomic E-state index is 12.7. The second kappa shape index (κ2) is 14.7. The number of nitrogens with one attached hydrogen (secondary N) is 2. The van der Waals surface area contributed by atoms with Crippen molar-refractivity contribution in [2.45, 2.75) is 64.5 Å². The van der Waals surface area contributed by atoms with Crippen molar-refractivity contribution in [1.29, 1.82) is 0 Å². The summed E-state index contributed by atoms with van der Waals surface area (Å²) in [6.45, 7) is 6.04. The predicted octanol–water partition coefficient (Wildman–Crippen LogP) is 2.46. The molecule has 2 amide bonds. The number of benzene rings is 1. The van der Waals surface area contributed by atoms with Crippen LogP contribution in [0.15, 0.2) is 18.2 Å². The fraction of sp³-hybridized carbons (Fsp3) is 0.625. The summed E-state index contributed by atoms with van der Waals surface area (Å²) >= 11 is 0. The van der Waals surface area contributed by atoms with E-state index in [0.717, 1.165) is 50.6 Å². The number of carbonyl (C=O) groups excluding carboxylic acids is 3. The van der Waals surface area contributed by atoms with Crippen molar-refractivity contribution in [3.8, 4) is 0 Å². The fourth-order valence-electron chi connectivity index (χ4n) is 3.85. The summed E-state index contributed by atoms with van der Waals surface area (Å²) in [5.41, 5.74) is 7.58. The highest BCUT2D eigenvalue weighted by atomic mass is 16.5. The number of aldehydes is 1. The maximum atomic E-state index is 12.7. The molecule has 1 atom stereocenters. The molecule has 1 aromatic rings. The monoisotopic (exact) mass is 446 g/mol. The maximum Gasteiger partial charge on any atom is 0.254 e. The van der Waals surface area contributed by atoms with Crippen LogP contribution in [0.4, 0.5) is 5.69 Å². The van der Waals surface area contributed by atoms with Gasteiger partial charge in [-0.15, -0.1) is 0 Å². The van der Waals surface area contributed by atoms with Gasteiger partial charge in [0.2, 0.25) is 5.91 Å². The van der Waals surface area contributed by atoms with E-state index in [-0.39, 0.29) is 17.9 Å². The van der Waals surface area contributed by atoms with Crippen LogP contribution >= 0.6 is 0 Å². The molecule has 4 N–H and O–H groups in total. The molecule has 178 valence electrons.